The zero-order chi connectivity index (χ0) is 17.2. The number of hydrogen-bond acceptors (Lipinski definition) is 3. The number of unbranched alkanes of at least 4 members (excludes halogenated alkanes) is 4. The third-order valence-electron chi connectivity index (χ3n) is 4.70. The van der Waals surface area contributed by atoms with Gasteiger partial charge in [-0.1, -0.05) is 38.7 Å². The van der Waals surface area contributed by atoms with E-state index < -0.39 is 11.7 Å². The molecule has 1 N–H and O–H groups in total. The van der Waals surface area contributed by atoms with Crippen LogP contribution in [0.2, 0.25) is 0 Å². The molecule has 1 aromatic rings. The molecule has 1 fully saturated rings. The summed E-state index contributed by atoms with van der Waals surface area (Å²) >= 11 is 0. The van der Waals surface area contributed by atoms with E-state index in [2.05, 4.69) is 21.7 Å². The summed E-state index contributed by atoms with van der Waals surface area (Å²) in [5.41, 5.74) is 0.116. The van der Waals surface area contributed by atoms with Crippen LogP contribution in [-0.2, 0) is 10.2 Å². The maximum atomic E-state index is 13.1. The van der Waals surface area contributed by atoms with E-state index in [9.17, 15) is 13.6 Å². The first-order chi connectivity index (χ1) is 11.5. The molecular weight excluding hydrogens is 316 g/mol. The molecular formula is C18H23F2NO3. The molecule has 0 aromatic heterocycles. The van der Waals surface area contributed by atoms with Crippen LogP contribution in [0.3, 0.4) is 0 Å². The second-order valence-corrected chi connectivity index (χ2v) is 6.58. The molecule has 0 bridgehead atoms. The lowest BCUT2D eigenvalue weighted by Gasteiger charge is -2.16. The Morgan fingerprint density at radius 2 is 1.83 bits per heavy atom. The lowest BCUT2D eigenvalue weighted by Crippen LogP contribution is -2.35. The summed E-state index contributed by atoms with van der Waals surface area (Å²) in [5, 5.41) is 2.99. The fourth-order valence-electron chi connectivity index (χ4n) is 3.12. The standard InChI is InChI=1S/C18H23F2NO3/c1-2-3-4-5-6-11-21-16(22)17(9-10-17)13-7-8-14-15(12-13)24-18(19,20)23-14/h7-8,12H,2-6,9-11H2,1H3,(H,21,22). The molecule has 0 radical (unpaired) electrons. The Morgan fingerprint density at radius 1 is 1.12 bits per heavy atom. The molecule has 1 aromatic carbocycles. The van der Waals surface area contributed by atoms with Gasteiger partial charge in [-0.05, 0) is 37.0 Å². The van der Waals surface area contributed by atoms with Crippen LogP contribution in [0.25, 0.3) is 0 Å². The van der Waals surface area contributed by atoms with Crippen LogP contribution < -0.4 is 14.8 Å². The van der Waals surface area contributed by atoms with Gasteiger partial charge in [0, 0.05) is 6.54 Å². The molecule has 6 heteroatoms. The average molecular weight is 339 g/mol. The number of hydrogen-bond donors (Lipinski definition) is 1. The SMILES string of the molecule is CCCCCCCNC(=O)C1(c2ccc3c(c2)OC(F)(F)O3)CC1. The molecule has 2 aliphatic rings. The molecule has 24 heavy (non-hydrogen) atoms. The number of nitrogens with one attached hydrogen (secondary N) is 1. The number of carbonyl (C=O) groups excluding carboxylic acids is 1. The minimum absolute atomic E-state index is 0.00357. The number of carbonyl (C=O) groups is 1. The number of halogens is 2. The van der Waals surface area contributed by atoms with Crippen molar-refractivity contribution in [3.05, 3.63) is 23.8 Å². The molecule has 1 heterocycles. The third kappa shape index (κ3) is 3.47. The molecule has 0 atom stereocenters. The van der Waals surface area contributed by atoms with Gasteiger partial charge in [-0.25, -0.2) is 0 Å². The quantitative estimate of drug-likeness (QED) is 0.725. The van der Waals surface area contributed by atoms with E-state index in [-0.39, 0.29) is 17.4 Å². The van der Waals surface area contributed by atoms with Crippen molar-refractivity contribution in [1.29, 1.82) is 0 Å². The molecule has 1 saturated carbocycles. The Kier molecular flexibility index (Phi) is 4.65. The first-order valence-electron chi connectivity index (χ1n) is 8.65. The number of amides is 1. The van der Waals surface area contributed by atoms with Crippen molar-refractivity contribution in [3.63, 3.8) is 0 Å². The Morgan fingerprint density at radius 3 is 2.54 bits per heavy atom. The predicted molar refractivity (Wildman–Crippen MR) is 85.3 cm³/mol. The molecule has 0 saturated heterocycles. The lowest BCUT2D eigenvalue weighted by atomic mass is 9.94. The normalized spacial score (nSPS) is 19.1. The van der Waals surface area contributed by atoms with Gasteiger partial charge in [0.2, 0.25) is 5.91 Å². The summed E-state index contributed by atoms with van der Waals surface area (Å²) in [6, 6.07) is 4.63. The number of alkyl halides is 2. The number of ether oxygens (including phenoxy) is 2. The minimum atomic E-state index is -3.63. The monoisotopic (exact) mass is 339 g/mol. The Bertz CT molecular complexity index is 614. The van der Waals surface area contributed by atoms with Crippen molar-refractivity contribution in [2.45, 2.75) is 63.6 Å². The van der Waals surface area contributed by atoms with E-state index in [0.717, 1.165) is 25.7 Å². The predicted octanol–water partition coefficient (Wildman–Crippen LogP) is 4.13. The van der Waals surface area contributed by atoms with Crippen LogP contribution in [0.5, 0.6) is 11.5 Å². The largest absolute Gasteiger partial charge is 0.586 e. The van der Waals surface area contributed by atoms with Gasteiger partial charge in [-0.3, -0.25) is 4.79 Å². The van der Waals surface area contributed by atoms with Crippen LogP contribution in [0.4, 0.5) is 8.78 Å². The number of rotatable bonds is 8. The second-order valence-electron chi connectivity index (χ2n) is 6.58. The highest BCUT2D eigenvalue weighted by Gasteiger charge is 2.52. The van der Waals surface area contributed by atoms with Crippen molar-refractivity contribution in [2.24, 2.45) is 0 Å². The van der Waals surface area contributed by atoms with E-state index in [1.54, 1.807) is 6.07 Å². The van der Waals surface area contributed by atoms with Gasteiger partial charge in [0.15, 0.2) is 11.5 Å². The van der Waals surface area contributed by atoms with Gasteiger partial charge < -0.3 is 14.8 Å². The topological polar surface area (TPSA) is 47.6 Å². The molecule has 132 valence electrons. The maximum Gasteiger partial charge on any atom is 0.586 e. The summed E-state index contributed by atoms with van der Waals surface area (Å²) in [6.45, 7) is 2.83. The van der Waals surface area contributed by atoms with E-state index >= 15 is 0 Å². The van der Waals surface area contributed by atoms with Gasteiger partial charge in [0.05, 0.1) is 5.41 Å². The van der Waals surface area contributed by atoms with Gasteiger partial charge in [0.25, 0.3) is 0 Å². The van der Waals surface area contributed by atoms with Crippen LogP contribution in [0.15, 0.2) is 18.2 Å². The molecule has 1 aliphatic carbocycles. The lowest BCUT2D eigenvalue weighted by molar-refractivity contribution is -0.286. The zero-order valence-corrected chi connectivity index (χ0v) is 13.9. The van der Waals surface area contributed by atoms with Crippen LogP contribution in [0, 0.1) is 0 Å². The van der Waals surface area contributed by atoms with Gasteiger partial charge in [-0.15, -0.1) is 8.78 Å². The molecule has 1 amide bonds. The highest BCUT2D eigenvalue weighted by molar-refractivity contribution is 5.91. The molecule has 0 unspecified atom stereocenters. The van der Waals surface area contributed by atoms with E-state index in [0.29, 0.717) is 12.1 Å². The summed E-state index contributed by atoms with van der Waals surface area (Å²) in [6.07, 6.45) is 3.51. The molecule has 4 nitrogen and oxygen atoms in total. The second kappa shape index (κ2) is 6.57. The summed E-state index contributed by atoms with van der Waals surface area (Å²) in [4.78, 5) is 12.5. The third-order valence-corrected chi connectivity index (χ3v) is 4.70. The smallest absolute Gasteiger partial charge is 0.395 e. The highest BCUT2D eigenvalue weighted by Crippen LogP contribution is 2.51. The van der Waals surface area contributed by atoms with Crippen molar-refractivity contribution in [1.82, 2.24) is 5.32 Å². The average Bonchev–Trinajstić information content (AvgIpc) is 3.28. The van der Waals surface area contributed by atoms with E-state index in [1.165, 1.54) is 31.4 Å². The van der Waals surface area contributed by atoms with Crippen molar-refractivity contribution in [2.75, 3.05) is 6.54 Å². The summed E-state index contributed by atoms with van der Waals surface area (Å²) in [5.74, 6) is -0.0179. The van der Waals surface area contributed by atoms with Gasteiger partial charge >= 0.3 is 6.29 Å². The number of benzene rings is 1. The van der Waals surface area contributed by atoms with E-state index in [1.807, 2.05) is 0 Å². The Labute approximate surface area is 140 Å². The van der Waals surface area contributed by atoms with Crippen molar-refractivity contribution in [3.8, 4) is 11.5 Å². The van der Waals surface area contributed by atoms with Gasteiger partial charge in [0.1, 0.15) is 0 Å². The molecule has 3 rings (SSSR count). The van der Waals surface area contributed by atoms with Crippen molar-refractivity contribution < 1.29 is 23.0 Å². The zero-order valence-electron chi connectivity index (χ0n) is 13.9. The Balaban J connectivity index is 1.57. The Hall–Kier alpha value is -1.85. The van der Waals surface area contributed by atoms with Crippen molar-refractivity contribution >= 4 is 5.91 Å². The summed E-state index contributed by atoms with van der Waals surface area (Å²) < 4.78 is 35.1. The molecule has 0 spiro atoms. The number of fused-ring (bicyclic) bond motifs is 1. The van der Waals surface area contributed by atoms with E-state index in [4.69, 9.17) is 0 Å². The minimum Gasteiger partial charge on any atom is -0.395 e. The molecule has 1 aliphatic heterocycles. The fourth-order valence-corrected chi connectivity index (χ4v) is 3.12. The maximum absolute atomic E-state index is 13.1. The summed E-state index contributed by atoms with van der Waals surface area (Å²) in [7, 11) is 0. The van der Waals surface area contributed by atoms with Crippen LogP contribution in [0.1, 0.15) is 57.4 Å². The highest BCUT2D eigenvalue weighted by atomic mass is 19.3. The van der Waals surface area contributed by atoms with Gasteiger partial charge in [-0.2, -0.15) is 0 Å². The first kappa shape index (κ1) is 17.0. The fraction of sp³-hybridized carbons (Fsp3) is 0.611. The first-order valence-corrected chi connectivity index (χ1v) is 8.65. The van der Waals surface area contributed by atoms with Crippen LogP contribution in [-0.4, -0.2) is 18.7 Å². The van der Waals surface area contributed by atoms with Crippen LogP contribution >= 0.6 is 0 Å².